The van der Waals surface area contributed by atoms with Gasteiger partial charge in [0.05, 0.1) is 29.9 Å². The highest BCUT2D eigenvalue weighted by Gasteiger charge is 2.31. The van der Waals surface area contributed by atoms with Gasteiger partial charge in [0.25, 0.3) is 0 Å². The predicted molar refractivity (Wildman–Crippen MR) is 127 cm³/mol. The number of fused-ring (bicyclic) bond motifs is 2. The van der Waals surface area contributed by atoms with E-state index in [1.54, 1.807) is 24.5 Å². The Hall–Kier alpha value is -3.30. The van der Waals surface area contributed by atoms with E-state index in [4.69, 9.17) is 24.9 Å². The fourth-order valence-electron chi connectivity index (χ4n) is 4.30. The molecule has 5 heterocycles. The molecule has 34 heavy (non-hydrogen) atoms. The maximum absolute atomic E-state index is 12.2. The molecule has 3 atom stereocenters. The van der Waals surface area contributed by atoms with Crippen LogP contribution >= 0.6 is 0 Å². The fourth-order valence-corrected chi connectivity index (χ4v) is 4.30. The standard InChI is InChI=1S/C25H29N5O4/c1-13-14(2)33-24(31)16-5-6-20(30-22(13)16)29-21-9-17-18(10-27-21)23(34-15-7-8-32-12-15)28-11-19(17)25(3,4)26/h5-6,9-11,13-15H,7-8,12,26H2,1-4H3,(H,27,29,30)/t13-,14-,15-/m0/s1. The van der Waals surface area contributed by atoms with E-state index >= 15 is 0 Å². The molecule has 0 spiro atoms. The van der Waals surface area contributed by atoms with Crippen molar-refractivity contribution in [1.82, 2.24) is 15.0 Å². The minimum Gasteiger partial charge on any atom is -0.471 e. The number of nitrogens with one attached hydrogen (secondary N) is 1. The number of hydrogen-bond acceptors (Lipinski definition) is 9. The van der Waals surface area contributed by atoms with Crippen LogP contribution in [0.3, 0.4) is 0 Å². The van der Waals surface area contributed by atoms with Crippen LogP contribution in [-0.4, -0.2) is 46.3 Å². The Morgan fingerprint density at radius 2 is 1.97 bits per heavy atom. The number of anilines is 2. The van der Waals surface area contributed by atoms with Crippen molar-refractivity contribution >= 4 is 28.4 Å². The van der Waals surface area contributed by atoms with Gasteiger partial charge in [0, 0.05) is 30.3 Å². The first-order valence-corrected chi connectivity index (χ1v) is 11.5. The number of esters is 1. The van der Waals surface area contributed by atoms with Gasteiger partial charge in [-0.25, -0.2) is 19.7 Å². The van der Waals surface area contributed by atoms with Crippen molar-refractivity contribution in [2.24, 2.45) is 5.73 Å². The van der Waals surface area contributed by atoms with Crippen LogP contribution in [0.25, 0.3) is 10.8 Å². The molecule has 5 rings (SSSR count). The van der Waals surface area contributed by atoms with E-state index in [-0.39, 0.29) is 24.1 Å². The number of hydrogen-bond donors (Lipinski definition) is 2. The summed E-state index contributed by atoms with van der Waals surface area (Å²) in [5.74, 6) is 1.37. The van der Waals surface area contributed by atoms with Crippen LogP contribution in [0.2, 0.25) is 0 Å². The van der Waals surface area contributed by atoms with E-state index in [2.05, 4.69) is 15.3 Å². The van der Waals surface area contributed by atoms with Crippen molar-refractivity contribution in [3.8, 4) is 5.88 Å². The zero-order valence-electron chi connectivity index (χ0n) is 19.8. The number of nitrogens with two attached hydrogens (primary N) is 1. The van der Waals surface area contributed by atoms with Crippen molar-refractivity contribution < 1.29 is 19.0 Å². The second-order valence-electron chi connectivity index (χ2n) is 9.57. The van der Waals surface area contributed by atoms with Crippen molar-refractivity contribution in [3.05, 3.63) is 47.4 Å². The molecule has 3 N–H and O–H groups in total. The van der Waals surface area contributed by atoms with E-state index in [9.17, 15) is 4.79 Å². The summed E-state index contributed by atoms with van der Waals surface area (Å²) >= 11 is 0. The maximum atomic E-state index is 12.2. The fraction of sp³-hybridized carbons (Fsp3) is 0.440. The number of rotatable bonds is 5. The van der Waals surface area contributed by atoms with Gasteiger partial charge in [0.2, 0.25) is 5.88 Å². The van der Waals surface area contributed by atoms with Gasteiger partial charge < -0.3 is 25.3 Å². The van der Waals surface area contributed by atoms with Gasteiger partial charge in [-0.2, -0.15) is 0 Å². The van der Waals surface area contributed by atoms with Crippen molar-refractivity contribution in [2.75, 3.05) is 18.5 Å². The quantitative estimate of drug-likeness (QED) is 0.544. The summed E-state index contributed by atoms with van der Waals surface area (Å²) in [5.41, 5.74) is 7.94. The number of carbonyl (C=O) groups excluding carboxylic acids is 1. The van der Waals surface area contributed by atoms with Gasteiger partial charge in [-0.05, 0) is 49.9 Å². The Labute approximate surface area is 198 Å². The SMILES string of the molecule is C[C@@H]1OC(=O)c2ccc(Nc3cc4c(C(C)(C)N)cnc(O[C@H]5CCOC5)c4cn3)nc2[C@H]1C. The minimum absolute atomic E-state index is 0.00555. The lowest BCUT2D eigenvalue weighted by Gasteiger charge is -2.27. The highest BCUT2D eigenvalue weighted by atomic mass is 16.6. The maximum Gasteiger partial charge on any atom is 0.340 e. The number of aromatic nitrogens is 3. The predicted octanol–water partition coefficient (Wildman–Crippen LogP) is 3.79. The molecular weight excluding hydrogens is 434 g/mol. The second-order valence-corrected chi connectivity index (χ2v) is 9.57. The third-order valence-electron chi connectivity index (χ3n) is 6.42. The van der Waals surface area contributed by atoms with E-state index < -0.39 is 5.54 Å². The van der Waals surface area contributed by atoms with Crippen LogP contribution < -0.4 is 15.8 Å². The van der Waals surface area contributed by atoms with Crippen molar-refractivity contribution in [3.63, 3.8) is 0 Å². The molecule has 1 fully saturated rings. The average molecular weight is 464 g/mol. The topological polar surface area (TPSA) is 121 Å². The van der Waals surface area contributed by atoms with Crippen LogP contribution in [-0.2, 0) is 15.0 Å². The molecule has 178 valence electrons. The largest absolute Gasteiger partial charge is 0.471 e. The molecule has 3 aromatic heterocycles. The highest BCUT2D eigenvalue weighted by molar-refractivity contribution is 5.93. The summed E-state index contributed by atoms with van der Waals surface area (Å²) in [6.07, 6.45) is 4.08. The summed E-state index contributed by atoms with van der Waals surface area (Å²) < 4.78 is 16.9. The lowest BCUT2D eigenvalue weighted by molar-refractivity contribution is 0.0235. The smallest absolute Gasteiger partial charge is 0.340 e. The Kier molecular flexibility index (Phi) is 5.61. The molecule has 0 saturated carbocycles. The Morgan fingerprint density at radius 3 is 2.71 bits per heavy atom. The van der Waals surface area contributed by atoms with Gasteiger partial charge in [-0.3, -0.25) is 0 Å². The summed E-state index contributed by atoms with van der Waals surface area (Å²) in [7, 11) is 0. The summed E-state index contributed by atoms with van der Waals surface area (Å²) in [4.78, 5) is 26.0. The lowest BCUT2D eigenvalue weighted by atomic mass is 9.93. The molecule has 9 nitrogen and oxygen atoms in total. The third-order valence-corrected chi connectivity index (χ3v) is 6.42. The molecule has 0 bridgehead atoms. The average Bonchev–Trinajstić information content (AvgIpc) is 3.30. The molecule has 0 radical (unpaired) electrons. The summed E-state index contributed by atoms with van der Waals surface area (Å²) in [5, 5.41) is 4.96. The molecular formula is C25H29N5O4. The minimum atomic E-state index is -0.616. The first-order valence-electron chi connectivity index (χ1n) is 11.5. The third kappa shape index (κ3) is 4.17. The Morgan fingerprint density at radius 1 is 1.15 bits per heavy atom. The van der Waals surface area contributed by atoms with Gasteiger partial charge in [-0.15, -0.1) is 0 Å². The van der Waals surface area contributed by atoms with Crippen LogP contribution in [0.15, 0.2) is 30.6 Å². The van der Waals surface area contributed by atoms with E-state index in [0.717, 1.165) is 28.5 Å². The molecule has 3 aromatic rings. The number of cyclic esters (lactones) is 1. The van der Waals surface area contributed by atoms with E-state index in [0.29, 0.717) is 36.3 Å². The van der Waals surface area contributed by atoms with Crippen LogP contribution in [0.1, 0.15) is 61.6 Å². The van der Waals surface area contributed by atoms with E-state index in [1.165, 1.54) is 0 Å². The van der Waals surface area contributed by atoms with Crippen LogP contribution in [0, 0.1) is 0 Å². The Bertz CT molecular complexity index is 1250. The number of pyridine rings is 3. The second kappa shape index (κ2) is 8.48. The highest BCUT2D eigenvalue weighted by Crippen LogP contribution is 2.34. The molecule has 0 aliphatic carbocycles. The normalized spacial score (nSPS) is 22.4. The van der Waals surface area contributed by atoms with Gasteiger partial charge in [0.1, 0.15) is 23.8 Å². The lowest BCUT2D eigenvalue weighted by Crippen LogP contribution is -2.29. The summed E-state index contributed by atoms with van der Waals surface area (Å²) in [6, 6.07) is 5.43. The molecule has 2 aliphatic heterocycles. The first-order chi connectivity index (χ1) is 16.2. The van der Waals surface area contributed by atoms with Crippen LogP contribution in [0.4, 0.5) is 11.6 Å². The molecule has 2 aliphatic rings. The first kappa shape index (κ1) is 22.5. The van der Waals surface area contributed by atoms with Gasteiger partial charge in [0.15, 0.2) is 0 Å². The monoisotopic (exact) mass is 463 g/mol. The molecule has 0 unspecified atom stereocenters. The zero-order chi connectivity index (χ0) is 24.0. The van der Waals surface area contributed by atoms with Crippen molar-refractivity contribution in [1.29, 1.82) is 0 Å². The van der Waals surface area contributed by atoms with Crippen molar-refractivity contribution in [2.45, 2.75) is 57.8 Å². The molecule has 0 aromatic carbocycles. The molecule has 9 heteroatoms. The van der Waals surface area contributed by atoms with E-state index in [1.807, 2.05) is 33.8 Å². The number of carbonyl (C=O) groups is 1. The van der Waals surface area contributed by atoms with Gasteiger partial charge >= 0.3 is 5.97 Å². The van der Waals surface area contributed by atoms with Gasteiger partial charge in [-0.1, -0.05) is 6.92 Å². The zero-order valence-corrected chi connectivity index (χ0v) is 19.8. The Balaban J connectivity index is 1.51. The number of ether oxygens (including phenoxy) is 3. The summed E-state index contributed by atoms with van der Waals surface area (Å²) in [6.45, 7) is 8.99. The molecule has 1 saturated heterocycles. The number of nitrogens with zero attached hydrogens (tertiary/aromatic N) is 3. The molecule has 0 amide bonds. The van der Waals surface area contributed by atoms with Crippen LogP contribution in [0.5, 0.6) is 5.88 Å².